The summed E-state index contributed by atoms with van der Waals surface area (Å²) >= 11 is 6.66. The Labute approximate surface area is 245 Å². The maximum Gasteiger partial charge on any atom is 0.231 e. The number of hydrogen-bond donors (Lipinski definition) is 3. The van der Waals surface area contributed by atoms with Crippen LogP contribution in [0.4, 0.5) is 11.6 Å². The molecule has 0 spiro atoms. The molecular formula is C28H35ClN8O3S. The summed E-state index contributed by atoms with van der Waals surface area (Å²) in [6.07, 6.45) is 10.9. The Balaban J connectivity index is 1.26. The minimum Gasteiger partial charge on any atom is -0.390 e. The number of rotatable bonds is 8. The van der Waals surface area contributed by atoms with Crippen molar-refractivity contribution in [2.75, 3.05) is 24.7 Å². The summed E-state index contributed by atoms with van der Waals surface area (Å²) in [4.78, 5) is 12.5. The number of sulfonamides is 1. The highest BCUT2D eigenvalue weighted by Gasteiger charge is 2.28. The topological polar surface area (TPSA) is 130 Å². The molecule has 0 unspecified atom stereocenters. The molecule has 11 nitrogen and oxygen atoms in total. The monoisotopic (exact) mass is 598 g/mol. The molecule has 3 heterocycles. The van der Waals surface area contributed by atoms with Gasteiger partial charge in [0.25, 0.3) is 0 Å². The van der Waals surface area contributed by atoms with Crippen LogP contribution >= 0.6 is 11.6 Å². The van der Waals surface area contributed by atoms with Gasteiger partial charge < -0.3 is 15.7 Å². The zero-order valence-electron chi connectivity index (χ0n) is 23.2. The van der Waals surface area contributed by atoms with Gasteiger partial charge >= 0.3 is 0 Å². The van der Waals surface area contributed by atoms with Crippen molar-refractivity contribution < 1.29 is 13.5 Å². The van der Waals surface area contributed by atoms with E-state index in [1.165, 1.54) is 16.8 Å². The lowest BCUT2D eigenvalue weighted by molar-refractivity contribution is 0.0140. The first-order valence-corrected chi connectivity index (χ1v) is 16.0. The molecule has 1 saturated heterocycles. The van der Waals surface area contributed by atoms with E-state index in [4.69, 9.17) is 18.2 Å². The number of anilines is 1. The fourth-order valence-corrected chi connectivity index (χ4v) is 6.55. The third-order valence-electron chi connectivity index (χ3n) is 7.92. The molecule has 2 aromatic heterocycles. The van der Waals surface area contributed by atoms with Crippen molar-refractivity contribution in [3.63, 3.8) is 0 Å². The second-order valence-electron chi connectivity index (χ2n) is 11.2. The first-order chi connectivity index (χ1) is 19.5. The number of hydrogen-bond acceptors (Lipinski definition) is 8. The fraction of sp³-hybridized carbons (Fsp3) is 0.500. The molecule has 0 bridgehead atoms. The average Bonchev–Trinajstić information content (AvgIpc) is 3.42. The van der Waals surface area contributed by atoms with Crippen LogP contribution < -0.4 is 10.6 Å². The molecule has 2 aliphatic rings. The number of aliphatic hydroxyl groups is 1. The summed E-state index contributed by atoms with van der Waals surface area (Å²) in [7, 11) is -3.20. The number of halogens is 1. The smallest absolute Gasteiger partial charge is 0.231 e. The lowest BCUT2D eigenvalue weighted by atomic mass is 9.83. The predicted octanol–water partition coefficient (Wildman–Crippen LogP) is 4.15. The van der Waals surface area contributed by atoms with E-state index in [0.29, 0.717) is 72.1 Å². The molecule has 2 fully saturated rings. The maximum atomic E-state index is 11.8. The minimum absolute atomic E-state index is 0.0298. The van der Waals surface area contributed by atoms with E-state index in [1.807, 2.05) is 25.1 Å². The number of aromatic nitrogens is 4. The Bertz CT molecular complexity index is 1530. The number of piperidine rings is 1. The summed E-state index contributed by atoms with van der Waals surface area (Å²) in [5, 5.41) is 22.1. The van der Waals surface area contributed by atoms with Crippen LogP contribution in [-0.4, -0.2) is 74.6 Å². The van der Waals surface area contributed by atoms with E-state index in [-0.39, 0.29) is 6.04 Å². The van der Waals surface area contributed by atoms with Crippen LogP contribution in [0.15, 0.2) is 36.8 Å². The molecular weight excluding hydrogens is 564 g/mol. The van der Waals surface area contributed by atoms with E-state index in [2.05, 4.69) is 30.5 Å². The minimum atomic E-state index is -3.20. The Morgan fingerprint density at radius 2 is 1.90 bits per heavy atom. The van der Waals surface area contributed by atoms with Crippen LogP contribution in [0.25, 0.3) is 21.8 Å². The summed E-state index contributed by atoms with van der Waals surface area (Å²) in [5.41, 5.74) is 2.64. The van der Waals surface area contributed by atoms with Crippen LogP contribution in [-0.2, 0) is 16.6 Å². The van der Waals surface area contributed by atoms with Crippen molar-refractivity contribution in [3.05, 3.63) is 58.8 Å². The zero-order valence-corrected chi connectivity index (χ0v) is 24.8. The van der Waals surface area contributed by atoms with Gasteiger partial charge in [0.05, 0.1) is 41.0 Å². The molecule has 0 radical (unpaired) electrons. The Kier molecular flexibility index (Phi) is 8.63. The van der Waals surface area contributed by atoms with Gasteiger partial charge in [-0.3, -0.25) is 0 Å². The lowest BCUT2D eigenvalue weighted by Gasteiger charge is -2.33. The second kappa shape index (κ2) is 12.0. The van der Waals surface area contributed by atoms with Gasteiger partial charge in [-0.15, -0.1) is 0 Å². The van der Waals surface area contributed by atoms with Crippen LogP contribution in [0.5, 0.6) is 0 Å². The molecule has 5 rings (SSSR count). The zero-order chi connectivity index (χ0) is 29.2. The van der Waals surface area contributed by atoms with Crippen LogP contribution in [0, 0.1) is 6.57 Å². The van der Waals surface area contributed by atoms with Crippen molar-refractivity contribution >= 4 is 33.3 Å². The first kappa shape index (κ1) is 29.4. The summed E-state index contributed by atoms with van der Waals surface area (Å²) in [6.45, 7) is 11.1. The second-order valence-corrected chi connectivity index (χ2v) is 13.6. The van der Waals surface area contributed by atoms with Crippen LogP contribution in [0.1, 0.15) is 51.0 Å². The summed E-state index contributed by atoms with van der Waals surface area (Å²) in [5.74, 6) is 0.384. The van der Waals surface area contributed by atoms with Gasteiger partial charge in [0, 0.05) is 49.7 Å². The van der Waals surface area contributed by atoms with Crippen molar-refractivity contribution in [2.24, 2.45) is 0 Å². The largest absolute Gasteiger partial charge is 0.390 e. The van der Waals surface area contributed by atoms with E-state index in [9.17, 15) is 13.5 Å². The molecule has 3 N–H and O–H groups in total. The quantitative estimate of drug-likeness (QED) is 0.330. The molecule has 0 amide bonds. The van der Waals surface area contributed by atoms with Crippen LogP contribution in [0.2, 0.25) is 5.02 Å². The van der Waals surface area contributed by atoms with E-state index < -0.39 is 15.6 Å². The van der Waals surface area contributed by atoms with Crippen molar-refractivity contribution in [1.29, 1.82) is 0 Å². The summed E-state index contributed by atoms with van der Waals surface area (Å²) in [6, 6.07) is 6.28. The lowest BCUT2D eigenvalue weighted by Crippen LogP contribution is -2.42. The predicted molar refractivity (Wildman–Crippen MR) is 159 cm³/mol. The number of benzene rings is 1. The summed E-state index contributed by atoms with van der Waals surface area (Å²) < 4.78 is 26.7. The number of nitrogens with zero attached hydrogens (tertiary/aromatic N) is 6. The fourth-order valence-electron chi connectivity index (χ4n) is 5.38. The molecule has 0 atom stereocenters. The molecule has 1 aliphatic carbocycles. The van der Waals surface area contributed by atoms with Gasteiger partial charge in [-0.25, -0.2) is 32.2 Å². The normalized spacial score (nSPS) is 22.4. The van der Waals surface area contributed by atoms with E-state index in [0.717, 1.165) is 31.2 Å². The van der Waals surface area contributed by atoms with Gasteiger partial charge in [-0.1, -0.05) is 17.7 Å². The Morgan fingerprint density at radius 3 is 2.56 bits per heavy atom. The molecule has 1 aliphatic heterocycles. The third-order valence-corrected chi connectivity index (χ3v) is 9.52. The van der Waals surface area contributed by atoms with E-state index in [1.54, 1.807) is 17.1 Å². The Hall–Kier alpha value is -3.08. The molecule has 1 saturated carbocycles. The van der Waals surface area contributed by atoms with E-state index >= 15 is 0 Å². The van der Waals surface area contributed by atoms with Gasteiger partial charge in [0.1, 0.15) is 0 Å². The van der Waals surface area contributed by atoms with Gasteiger partial charge in [0.15, 0.2) is 0 Å². The molecule has 41 heavy (non-hydrogen) atoms. The maximum absolute atomic E-state index is 11.8. The molecule has 1 aromatic carbocycles. The van der Waals surface area contributed by atoms with Gasteiger partial charge in [-0.2, -0.15) is 5.10 Å². The van der Waals surface area contributed by atoms with Crippen molar-refractivity contribution in [1.82, 2.24) is 29.4 Å². The van der Waals surface area contributed by atoms with Gasteiger partial charge in [-0.05, 0) is 63.1 Å². The average molecular weight is 599 g/mol. The standard InChI is InChI=1S/C28H35ClN8O3S/c1-28(38)10-6-21(7-11-28)31-15-19-4-5-25(23(29)14-19)37-18-20(16-33-37)26-24(30-2)17-32-27(35-26)34-22-8-12-36(13-9-22)41(3,39)40/h4-5,14,16-18,21-22,31,38H,6-13,15H2,1,3H3,(H,32,34,35). The molecule has 13 heteroatoms. The molecule has 3 aromatic rings. The van der Waals surface area contributed by atoms with Crippen molar-refractivity contribution in [2.45, 2.75) is 69.7 Å². The highest BCUT2D eigenvalue weighted by atomic mass is 35.5. The van der Waals surface area contributed by atoms with Gasteiger partial charge in [0.2, 0.25) is 21.7 Å². The highest BCUT2D eigenvalue weighted by molar-refractivity contribution is 7.88. The Morgan fingerprint density at radius 1 is 1.17 bits per heavy atom. The number of nitrogens with one attached hydrogen (secondary N) is 2. The first-order valence-electron chi connectivity index (χ1n) is 13.8. The SMILES string of the molecule is [C-]#[N+]c1cnc(NC2CCN(S(C)(=O)=O)CC2)nc1-c1cnn(-c2ccc(CNC3CCC(C)(O)CC3)cc2Cl)c1. The van der Waals surface area contributed by atoms with Crippen molar-refractivity contribution in [3.8, 4) is 16.9 Å². The van der Waals surface area contributed by atoms with Crippen LogP contribution in [0.3, 0.4) is 0 Å². The third kappa shape index (κ3) is 7.23. The highest BCUT2D eigenvalue weighted by Crippen LogP contribution is 2.31. The molecule has 218 valence electrons.